The van der Waals surface area contributed by atoms with Crippen molar-refractivity contribution in [2.45, 2.75) is 26.8 Å². The molecule has 0 aliphatic rings. The largest absolute Gasteiger partial charge is 0.476 e. The Morgan fingerprint density at radius 3 is 2.58 bits per heavy atom. The van der Waals surface area contributed by atoms with E-state index >= 15 is 0 Å². The molecule has 19 heavy (non-hydrogen) atoms. The average molecular weight is 285 g/mol. The average Bonchev–Trinajstić information content (AvgIpc) is 2.85. The van der Waals surface area contributed by atoms with Crippen molar-refractivity contribution in [2.24, 2.45) is 0 Å². The third-order valence-electron chi connectivity index (χ3n) is 2.72. The van der Waals surface area contributed by atoms with Crippen molar-refractivity contribution >= 4 is 23.2 Å². The second-order valence-electron chi connectivity index (χ2n) is 4.20. The monoisotopic (exact) mass is 285 g/mol. The van der Waals surface area contributed by atoms with Gasteiger partial charge in [0, 0.05) is 18.0 Å². The molecule has 1 aromatic rings. The highest BCUT2D eigenvalue weighted by molar-refractivity contribution is 7.11. The Balaban J connectivity index is 2.56. The van der Waals surface area contributed by atoms with Crippen molar-refractivity contribution in [3.05, 3.63) is 16.1 Å². The highest BCUT2D eigenvalue weighted by Crippen LogP contribution is 2.09. The number of aromatic nitrogens is 1. The maximum absolute atomic E-state index is 11.9. The number of carbonyl (C=O) groups excluding carboxylic acids is 1. The van der Waals surface area contributed by atoms with Gasteiger partial charge in [0.2, 0.25) is 0 Å². The van der Waals surface area contributed by atoms with Gasteiger partial charge in [-0.1, -0.05) is 13.8 Å². The van der Waals surface area contributed by atoms with Crippen LogP contribution in [0.15, 0.2) is 5.38 Å². The molecule has 0 aromatic carbocycles. The fraction of sp³-hybridized carbons (Fsp3) is 0.583. The van der Waals surface area contributed by atoms with Gasteiger partial charge in [-0.15, -0.1) is 11.3 Å². The lowest BCUT2D eigenvalue weighted by atomic mass is 10.3. The van der Waals surface area contributed by atoms with Crippen LogP contribution in [0.25, 0.3) is 0 Å². The molecule has 0 bridgehead atoms. The lowest BCUT2D eigenvalue weighted by molar-refractivity contribution is 0.0691. The molecular formula is C12H19N3O3S. The molecule has 1 aromatic heterocycles. The van der Waals surface area contributed by atoms with E-state index in [1.165, 1.54) is 5.38 Å². The fourth-order valence-corrected chi connectivity index (χ4v) is 2.37. The number of likely N-dealkylation sites (N-methyl/N-ethyl adjacent to an activating group) is 1. The summed E-state index contributed by atoms with van der Waals surface area (Å²) in [6.07, 6.45) is 0. The predicted molar refractivity (Wildman–Crippen MR) is 73.8 cm³/mol. The van der Waals surface area contributed by atoms with Crippen LogP contribution in [0.3, 0.4) is 0 Å². The molecule has 0 saturated heterocycles. The molecule has 106 valence electrons. The first-order valence-electron chi connectivity index (χ1n) is 6.19. The number of aromatic carboxylic acids is 1. The number of hydrogen-bond donors (Lipinski definition) is 2. The summed E-state index contributed by atoms with van der Waals surface area (Å²) >= 11 is 1.04. The number of thiazole rings is 1. The minimum atomic E-state index is -1.12. The van der Waals surface area contributed by atoms with Gasteiger partial charge in [0.1, 0.15) is 0 Å². The number of carboxylic acids is 1. The second-order valence-corrected chi connectivity index (χ2v) is 5.06. The molecule has 1 rings (SSSR count). The van der Waals surface area contributed by atoms with E-state index in [0.717, 1.165) is 31.0 Å². The van der Waals surface area contributed by atoms with Crippen molar-refractivity contribution in [1.29, 1.82) is 0 Å². The molecule has 1 amide bonds. The summed E-state index contributed by atoms with van der Waals surface area (Å²) in [4.78, 5) is 28.5. The Hall–Kier alpha value is -1.47. The summed E-state index contributed by atoms with van der Waals surface area (Å²) in [6.45, 7) is 8.67. The zero-order valence-corrected chi connectivity index (χ0v) is 12.2. The van der Waals surface area contributed by atoms with E-state index in [-0.39, 0.29) is 22.7 Å². The Bertz CT molecular complexity index is 443. The van der Waals surface area contributed by atoms with Gasteiger partial charge in [-0.3, -0.25) is 4.79 Å². The van der Waals surface area contributed by atoms with E-state index in [9.17, 15) is 9.59 Å². The SMILES string of the molecule is CCN(CC)CC(C)NC(=O)c1nc(C(=O)O)cs1. The molecule has 2 N–H and O–H groups in total. The van der Waals surface area contributed by atoms with Gasteiger partial charge in [0.05, 0.1) is 0 Å². The summed E-state index contributed by atoms with van der Waals surface area (Å²) in [5.74, 6) is -1.44. The number of hydrogen-bond acceptors (Lipinski definition) is 5. The van der Waals surface area contributed by atoms with Gasteiger partial charge in [-0.25, -0.2) is 9.78 Å². The topological polar surface area (TPSA) is 82.5 Å². The molecule has 0 spiro atoms. The highest BCUT2D eigenvalue weighted by atomic mass is 32.1. The van der Waals surface area contributed by atoms with E-state index in [0.29, 0.717) is 0 Å². The summed E-state index contributed by atoms with van der Waals surface area (Å²) in [5.41, 5.74) is -0.0912. The van der Waals surface area contributed by atoms with Crippen LogP contribution in [-0.2, 0) is 0 Å². The molecular weight excluding hydrogens is 266 g/mol. The molecule has 0 aliphatic heterocycles. The van der Waals surface area contributed by atoms with Crippen LogP contribution in [0, 0.1) is 0 Å². The quantitative estimate of drug-likeness (QED) is 0.789. The van der Waals surface area contributed by atoms with Gasteiger partial charge < -0.3 is 15.3 Å². The number of nitrogens with zero attached hydrogens (tertiary/aromatic N) is 2. The third kappa shape index (κ3) is 4.60. The van der Waals surface area contributed by atoms with Gasteiger partial charge >= 0.3 is 5.97 Å². The number of carboxylic acid groups (broad SMARTS) is 1. The first-order valence-corrected chi connectivity index (χ1v) is 7.07. The zero-order chi connectivity index (χ0) is 14.4. The molecule has 6 nitrogen and oxygen atoms in total. The highest BCUT2D eigenvalue weighted by Gasteiger charge is 2.17. The van der Waals surface area contributed by atoms with E-state index in [2.05, 4.69) is 29.0 Å². The first kappa shape index (κ1) is 15.6. The van der Waals surface area contributed by atoms with Gasteiger partial charge in [-0.05, 0) is 20.0 Å². The molecule has 1 heterocycles. The summed E-state index contributed by atoms with van der Waals surface area (Å²) in [7, 11) is 0. The predicted octanol–water partition coefficient (Wildman–Crippen LogP) is 1.30. The van der Waals surface area contributed by atoms with Crippen LogP contribution >= 0.6 is 11.3 Å². The zero-order valence-electron chi connectivity index (χ0n) is 11.3. The van der Waals surface area contributed by atoms with Crippen LogP contribution in [-0.4, -0.2) is 52.5 Å². The first-order chi connectivity index (χ1) is 8.97. The Morgan fingerprint density at radius 2 is 2.11 bits per heavy atom. The third-order valence-corrected chi connectivity index (χ3v) is 3.56. The van der Waals surface area contributed by atoms with Crippen molar-refractivity contribution in [3.63, 3.8) is 0 Å². The molecule has 0 fully saturated rings. The van der Waals surface area contributed by atoms with Crippen molar-refractivity contribution in [2.75, 3.05) is 19.6 Å². The van der Waals surface area contributed by atoms with Crippen LogP contribution in [0.2, 0.25) is 0 Å². The molecule has 0 radical (unpaired) electrons. The van der Waals surface area contributed by atoms with Gasteiger partial charge in [-0.2, -0.15) is 0 Å². The number of nitrogens with one attached hydrogen (secondary N) is 1. The van der Waals surface area contributed by atoms with Crippen LogP contribution in [0.4, 0.5) is 0 Å². The summed E-state index contributed by atoms with van der Waals surface area (Å²) in [5, 5.41) is 13.1. The van der Waals surface area contributed by atoms with Crippen molar-refractivity contribution < 1.29 is 14.7 Å². The van der Waals surface area contributed by atoms with Gasteiger partial charge in [0.15, 0.2) is 10.7 Å². The molecule has 1 atom stereocenters. The van der Waals surface area contributed by atoms with Crippen LogP contribution in [0.5, 0.6) is 0 Å². The minimum absolute atomic E-state index is 0.00965. The maximum Gasteiger partial charge on any atom is 0.355 e. The number of amides is 1. The van der Waals surface area contributed by atoms with E-state index < -0.39 is 5.97 Å². The van der Waals surface area contributed by atoms with Crippen LogP contribution < -0.4 is 5.32 Å². The summed E-state index contributed by atoms with van der Waals surface area (Å²) in [6, 6.07) is -0.00965. The van der Waals surface area contributed by atoms with E-state index in [4.69, 9.17) is 5.11 Å². The summed E-state index contributed by atoms with van der Waals surface area (Å²) < 4.78 is 0. The lowest BCUT2D eigenvalue weighted by Crippen LogP contribution is -2.41. The van der Waals surface area contributed by atoms with Gasteiger partial charge in [0.25, 0.3) is 5.91 Å². The normalized spacial score (nSPS) is 12.4. The van der Waals surface area contributed by atoms with Crippen molar-refractivity contribution in [3.8, 4) is 0 Å². The van der Waals surface area contributed by atoms with E-state index in [1.54, 1.807) is 0 Å². The Morgan fingerprint density at radius 1 is 1.47 bits per heavy atom. The second kappa shape index (κ2) is 7.20. The molecule has 1 unspecified atom stereocenters. The van der Waals surface area contributed by atoms with E-state index in [1.807, 2.05) is 6.92 Å². The maximum atomic E-state index is 11.9. The number of rotatable bonds is 7. The minimum Gasteiger partial charge on any atom is -0.476 e. The smallest absolute Gasteiger partial charge is 0.355 e. The lowest BCUT2D eigenvalue weighted by Gasteiger charge is -2.23. The Kier molecular flexibility index (Phi) is 5.91. The molecule has 0 aliphatic carbocycles. The molecule has 0 saturated carbocycles. The number of carbonyl (C=O) groups is 2. The van der Waals surface area contributed by atoms with Crippen molar-refractivity contribution in [1.82, 2.24) is 15.2 Å². The fourth-order valence-electron chi connectivity index (χ4n) is 1.68. The standard InChI is InChI=1S/C12H19N3O3S/c1-4-15(5-2)6-8(3)13-10(16)11-14-9(7-19-11)12(17)18/h7-8H,4-6H2,1-3H3,(H,13,16)(H,17,18). The van der Waals surface area contributed by atoms with Crippen LogP contribution in [0.1, 0.15) is 41.1 Å². The molecule has 7 heteroatoms. The Labute approximate surface area is 116 Å².